The summed E-state index contributed by atoms with van der Waals surface area (Å²) >= 11 is 0. The molecule has 1 saturated carbocycles. The summed E-state index contributed by atoms with van der Waals surface area (Å²) in [4.78, 5) is 25.4. The van der Waals surface area contributed by atoms with Crippen molar-refractivity contribution in [2.45, 2.75) is 52.9 Å². The van der Waals surface area contributed by atoms with Crippen molar-refractivity contribution in [2.24, 2.45) is 23.2 Å². The van der Waals surface area contributed by atoms with Gasteiger partial charge < -0.3 is 10.0 Å². The Kier molecular flexibility index (Phi) is 4.40. The van der Waals surface area contributed by atoms with Gasteiger partial charge in [-0.15, -0.1) is 0 Å². The predicted octanol–water partition coefficient (Wildman–Crippen LogP) is 2.77. The minimum atomic E-state index is -0.744. The molecule has 114 valence electrons. The van der Waals surface area contributed by atoms with E-state index in [0.717, 1.165) is 32.4 Å². The van der Waals surface area contributed by atoms with E-state index in [-0.39, 0.29) is 17.7 Å². The molecule has 4 nitrogen and oxygen atoms in total. The van der Waals surface area contributed by atoms with Crippen molar-refractivity contribution >= 4 is 11.9 Å². The zero-order valence-corrected chi connectivity index (χ0v) is 12.9. The number of carbonyl (C=O) groups excluding carboxylic acids is 1. The molecule has 2 aliphatic rings. The maximum atomic E-state index is 12.5. The van der Waals surface area contributed by atoms with E-state index in [1.807, 2.05) is 4.90 Å². The first kappa shape index (κ1) is 15.3. The molecule has 2 atom stereocenters. The Morgan fingerprint density at radius 1 is 1.00 bits per heavy atom. The molecule has 1 aliphatic heterocycles. The zero-order valence-electron chi connectivity index (χ0n) is 12.9. The maximum Gasteiger partial charge on any atom is 0.306 e. The summed E-state index contributed by atoms with van der Waals surface area (Å²) in [5.41, 5.74) is 0.316. The van der Waals surface area contributed by atoms with Gasteiger partial charge in [0, 0.05) is 19.0 Å². The first-order chi connectivity index (χ1) is 9.29. The molecule has 20 heavy (non-hydrogen) atoms. The molecule has 0 aromatic heterocycles. The molecule has 0 aromatic rings. The second-order valence-corrected chi connectivity index (χ2v) is 7.51. The summed E-state index contributed by atoms with van der Waals surface area (Å²) < 4.78 is 0. The van der Waals surface area contributed by atoms with Crippen LogP contribution in [0.3, 0.4) is 0 Å². The van der Waals surface area contributed by atoms with Crippen molar-refractivity contribution in [2.75, 3.05) is 13.1 Å². The maximum absolute atomic E-state index is 12.5. The highest BCUT2D eigenvalue weighted by Gasteiger charge is 2.37. The van der Waals surface area contributed by atoms with Crippen LogP contribution in [0.2, 0.25) is 0 Å². The SMILES string of the molecule is CC(C)(C)C1CCN(C(=O)C2CCC(C(=O)O)C2)CC1. The molecule has 1 amide bonds. The largest absolute Gasteiger partial charge is 0.481 e. The first-order valence-corrected chi connectivity index (χ1v) is 7.80. The van der Waals surface area contributed by atoms with Crippen molar-refractivity contribution in [1.82, 2.24) is 4.90 Å². The molecule has 1 aliphatic carbocycles. The van der Waals surface area contributed by atoms with E-state index < -0.39 is 5.97 Å². The van der Waals surface area contributed by atoms with Crippen LogP contribution in [0.15, 0.2) is 0 Å². The molecule has 2 rings (SSSR count). The summed E-state index contributed by atoms with van der Waals surface area (Å²) in [6.07, 6.45) is 4.08. The van der Waals surface area contributed by atoms with Crippen LogP contribution in [0.1, 0.15) is 52.9 Å². The lowest BCUT2D eigenvalue weighted by molar-refractivity contribution is -0.142. The Morgan fingerprint density at radius 2 is 1.55 bits per heavy atom. The van der Waals surface area contributed by atoms with Gasteiger partial charge in [-0.3, -0.25) is 9.59 Å². The van der Waals surface area contributed by atoms with Crippen LogP contribution in [-0.2, 0) is 9.59 Å². The fraction of sp³-hybridized carbons (Fsp3) is 0.875. The zero-order chi connectivity index (χ0) is 14.9. The number of amides is 1. The second-order valence-electron chi connectivity index (χ2n) is 7.51. The Balaban J connectivity index is 1.85. The molecule has 0 radical (unpaired) electrons. The van der Waals surface area contributed by atoms with Crippen molar-refractivity contribution in [3.05, 3.63) is 0 Å². The van der Waals surface area contributed by atoms with Crippen LogP contribution >= 0.6 is 0 Å². The number of carboxylic acid groups (broad SMARTS) is 1. The number of rotatable bonds is 2. The molecule has 0 spiro atoms. The average Bonchev–Trinajstić information content (AvgIpc) is 2.86. The summed E-state index contributed by atoms with van der Waals surface area (Å²) in [5, 5.41) is 9.02. The lowest BCUT2D eigenvalue weighted by Gasteiger charge is -2.39. The number of nitrogens with zero attached hydrogens (tertiary/aromatic N) is 1. The Bertz CT molecular complexity index is 378. The first-order valence-electron chi connectivity index (χ1n) is 7.80. The Hall–Kier alpha value is -1.06. The number of carbonyl (C=O) groups is 2. The molecule has 0 aromatic carbocycles. The van der Waals surface area contributed by atoms with Gasteiger partial charge in [0.1, 0.15) is 0 Å². The van der Waals surface area contributed by atoms with Crippen LogP contribution in [-0.4, -0.2) is 35.0 Å². The fourth-order valence-corrected chi connectivity index (χ4v) is 3.65. The average molecular weight is 281 g/mol. The number of piperidine rings is 1. The van der Waals surface area contributed by atoms with Gasteiger partial charge in [0.05, 0.1) is 5.92 Å². The van der Waals surface area contributed by atoms with Gasteiger partial charge in [0.25, 0.3) is 0 Å². The third kappa shape index (κ3) is 3.33. The summed E-state index contributed by atoms with van der Waals surface area (Å²) in [6.45, 7) is 8.49. The monoisotopic (exact) mass is 281 g/mol. The van der Waals surface area contributed by atoms with Crippen LogP contribution in [0, 0.1) is 23.2 Å². The number of aliphatic carboxylic acids is 1. The van der Waals surface area contributed by atoms with E-state index in [0.29, 0.717) is 24.2 Å². The van der Waals surface area contributed by atoms with E-state index in [1.165, 1.54) is 0 Å². The minimum Gasteiger partial charge on any atom is -0.481 e. The highest BCUT2D eigenvalue weighted by molar-refractivity contribution is 5.81. The van der Waals surface area contributed by atoms with Gasteiger partial charge in [-0.05, 0) is 43.4 Å². The van der Waals surface area contributed by atoms with Crippen molar-refractivity contribution in [3.63, 3.8) is 0 Å². The number of likely N-dealkylation sites (tertiary alicyclic amines) is 1. The highest BCUT2D eigenvalue weighted by Crippen LogP contribution is 2.36. The quantitative estimate of drug-likeness (QED) is 0.846. The van der Waals surface area contributed by atoms with Crippen LogP contribution < -0.4 is 0 Å². The van der Waals surface area contributed by atoms with Gasteiger partial charge >= 0.3 is 5.97 Å². The van der Waals surface area contributed by atoms with Crippen LogP contribution in [0.4, 0.5) is 0 Å². The molecule has 2 fully saturated rings. The highest BCUT2D eigenvalue weighted by atomic mass is 16.4. The van der Waals surface area contributed by atoms with E-state index in [1.54, 1.807) is 0 Å². The van der Waals surface area contributed by atoms with E-state index >= 15 is 0 Å². The van der Waals surface area contributed by atoms with Gasteiger partial charge in [-0.25, -0.2) is 0 Å². The summed E-state index contributed by atoms with van der Waals surface area (Å²) in [7, 11) is 0. The van der Waals surface area contributed by atoms with Gasteiger partial charge in [0.2, 0.25) is 5.91 Å². The molecular weight excluding hydrogens is 254 g/mol. The van der Waals surface area contributed by atoms with Crippen molar-refractivity contribution in [3.8, 4) is 0 Å². The molecule has 0 bridgehead atoms. The molecular formula is C16H27NO3. The third-order valence-electron chi connectivity index (χ3n) is 5.16. The summed E-state index contributed by atoms with van der Waals surface area (Å²) in [6, 6.07) is 0. The molecule has 1 heterocycles. The van der Waals surface area contributed by atoms with E-state index in [2.05, 4.69) is 20.8 Å². The van der Waals surface area contributed by atoms with E-state index in [4.69, 9.17) is 5.11 Å². The normalized spacial score (nSPS) is 28.6. The third-order valence-corrected chi connectivity index (χ3v) is 5.16. The lowest BCUT2D eigenvalue weighted by Crippen LogP contribution is -2.43. The van der Waals surface area contributed by atoms with E-state index in [9.17, 15) is 9.59 Å². The van der Waals surface area contributed by atoms with Crippen LogP contribution in [0.25, 0.3) is 0 Å². The Labute approximate surface area is 121 Å². The standard InChI is InChI=1S/C16H27NO3/c1-16(2,3)13-6-8-17(9-7-13)14(18)11-4-5-12(10-11)15(19)20/h11-13H,4-10H2,1-3H3,(H,19,20). The van der Waals surface area contributed by atoms with Gasteiger partial charge in [0.15, 0.2) is 0 Å². The molecule has 1 saturated heterocycles. The predicted molar refractivity (Wildman–Crippen MR) is 77.2 cm³/mol. The fourth-order valence-electron chi connectivity index (χ4n) is 3.65. The molecule has 2 unspecified atom stereocenters. The van der Waals surface area contributed by atoms with Crippen molar-refractivity contribution < 1.29 is 14.7 Å². The smallest absolute Gasteiger partial charge is 0.306 e. The number of hydrogen-bond acceptors (Lipinski definition) is 2. The van der Waals surface area contributed by atoms with Crippen molar-refractivity contribution in [1.29, 1.82) is 0 Å². The number of hydrogen-bond donors (Lipinski definition) is 1. The molecule has 4 heteroatoms. The van der Waals surface area contributed by atoms with Gasteiger partial charge in [-0.2, -0.15) is 0 Å². The molecule has 1 N–H and O–H groups in total. The lowest BCUT2D eigenvalue weighted by atomic mass is 9.75. The second kappa shape index (κ2) is 5.74. The van der Waals surface area contributed by atoms with Crippen LogP contribution in [0.5, 0.6) is 0 Å². The summed E-state index contributed by atoms with van der Waals surface area (Å²) in [5.74, 6) is -0.229. The van der Waals surface area contributed by atoms with Gasteiger partial charge in [-0.1, -0.05) is 20.8 Å². The Morgan fingerprint density at radius 3 is 2.00 bits per heavy atom. The number of carboxylic acids is 1. The minimum absolute atomic E-state index is 0.0534. The topological polar surface area (TPSA) is 57.6 Å².